The summed E-state index contributed by atoms with van der Waals surface area (Å²) in [4.78, 5) is 24.2. The van der Waals surface area contributed by atoms with Crippen LogP contribution in [0.1, 0.15) is 53.9 Å². The SMILES string of the molecule is Cc1c(C(=O)NC2CCCCCC2)sc(=O)n1C. The van der Waals surface area contributed by atoms with E-state index in [0.717, 1.165) is 29.9 Å². The molecule has 0 radical (unpaired) electrons. The predicted octanol–water partition coefficient (Wildman–Crippen LogP) is 2.21. The van der Waals surface area contributed by atoms with E-state index in [1.54, 1.807) is 7.05 Å². The lowest BCUT2D eigenvalue weighted by atomic mass is 10.1. The zero-order valence-corrected chi connectivity index (χ0v) is 11.8. The molecule has 1 aliphatic rings. The smallest absolute Gasteiger partial charge is 0.307 e. The van der Waals surface area contributed by atoms with Crippen molar-refractivity contribution in [2.75, 3.05) is 0 Å². The van der Waals surface area contributed by atoms with Crippen molar-refractivity contribution in [3.05, 3.63) is 20.2 Å². The molecule has 1 fully saturated rings. The summed E-state index contributed by atoms with van der Waals surface area (Å²) in [5.74, 6) is -0.0814. The van der Waals surface area contributed by atoms with Gasteiger partial charge < -0.3 is 9.88 Å². The second-order valence-corrected chi connectivity index (χ2v) is 5.97. The third-order valence-electron chi connectivity index (χ3n) is 3.69. The number of aromatic nitrogens is 1. The van der Waals surface area contributed by atoms with E-state index in [-0.39, 0.29) is 16.8 Å². The van der Waals surface area contributed by atoms with Crippen LogP contribution in [0.2, 0.25) is 0 Å². The van der Waals surface area contributed by atoms with E-state index >= 15 is 0 Å². The molecular weight excluding hydrogens is 248 g/mol. The predicted molar refractivity (Wildman–Crippen MR) is 73.3 cm³/mol. The van der Waals surface area contributed by atoms with Crippen molar-refractivity contribution in [3.8, 4) is 0 Å². The molecule has 0 bridgehead atoms. The number of carbonyl (C=O) groups excluding carboxylic acids is 1. The molecular formula is C13H20N2O2S. The average molecular weight is 268 g/mol. The molecule has 2 rings (SSSR count). The summed E-state index contributed by atoms with van der Waals surface area (Å²) in [5.41, 5.74) is 0.760. The fraction of sp³-hybridized carbons (Fsp3) is 0.692. The van der Waals surface area contributed by atoms with E-state index in [1.165, 1.54) is 30.3 Å². The van der Waals surface area contributed by atoms with Crippen molar-refractivity contribution < 1.29 is 4.79 Å². The molecule has 0 spiro atoms. The molecule has 18 heavy (non-hydrogen) atoms. The summed E-state index contributed by atoms with van der Waals surface area (Å²) < 4.78 is 1.53. The molecule has 1 N–H and O–H groups in total. The Morgan fingerprint density at radius 3 is 2.39 bits per heavy atom. The Kier molecular flexibility index (Phi) is 4.22. The van der Waals surface area contributed by atoms with Crippen LogP contribution in [-0.4, -0.2) is 16.5 Å². The third-order valence-corrected chi connectivity index (χ3v) is 4.82. The van der Waals surface area contributed by atoms with Gasteiger partial charge in [0.2, 0.25) is 0 Å². The van der Waals surface area contributed by atoms with Crippen LogP contribution in [-0.2, 0) is 7.05 Å². The second-order valence-electron chi connectivity index (χ2n) is 5.00. The summed E-state index contributed by atoms with van der Waals surface area (Å²) in [5, 5.41) is 3.08. The Labute approximate surface area is 111 Å². The number of hydrogen-bond acceptors (Lipinski definition) is 3. The Morgan fingerprint density at radius 2 is 1.89 bits per heavy atom. The van der Waals surface area contributed by atoms with Gasteiger partial charge in [0.1, 0.15) is 4.88 Å². The maximum absolute atomic E-state index is 12.2. The minimum Gasteiger partial charge on any atom is -0.349 e. The molecule has 1 aromatic rings. The zero-order chi connectivity index (χ0) is 13.1. The van der Waals surface area contributed by atoms with Crippen LogP contribution >= 0.6 is 11.3 Å². The van der Waals surface area contributed by atoms with Crippen LogP contribution in [0.4, 0.5) is 0 Å². The van der Waals surface area contributed by atoms with Gasteiger partial charge in [0.05, 0.1) is 0 Å². The van der Waals surface area contributed by atoms with Gasteiger partial charge in [0, 0.05) is 18.8 Å². The van der Waals surface area contributed by atoms with E-state index in [2.05, 4.69) is 5.32 Å². The van der Waals surface area contributed by atoms with Crippen LogP contribution in [0.5, 0.6) is 0 Å². The minimum atomic E-state index is -0.0814. The molecule has 0 saturated heterocycles. The first-order valence-corrected chi connectivity index (χ1v) is 7.38. The van der Waals surface area contributed by atoms with Crippen molar-refractivity contribution in [2.24, 2.45) is 7.05 Å². The van der Waals surface area contributed by atoms with Crippen molar-refractivity contribution in [3.63, 3.8) is 0 Å². The Morgan fingerprint density at radius 1 is 1.28 bits per heavy atom. The number of amides is 1. The summed E-state index contributed by atoms with van der Waals surface area (Å²) in [7, 11) is 1.70. The molecule has 1 aliphatic carbocycles. The molecule has 1 saturated carbocycles. The summed E-state index contributed by atoms with van der Waals surface area (Å²) in [6, 6.07) is 0.280. The molecule has 1 amide bonds. The van der Waals surface area contributed by atoms with Gasteiger partial charge in [0.25, 0.3) is 5.91 Å². The van der Waals surface area contributed by atoms with E-state index in [0.29, 0.717) is 4.88 Å². The highest BCUT2D eigenvalue weighted by Gasteiger charge is 2.20. The van der Waals surface area contributed by atoms with Gasteiger partial charge in [-0.2, -0.15) is 0 Å². The molecule has 4 nitrogen and oxygen atoms in total. The van der Waals surface area contributed by atoms with Gasteiger partial charge in [0.15, 0.2) is 0 Å². The molecule has 100 valence electrons. The van der Waals surface area contributed by atoms with Crippen molar-refractivity contribution in [1.29, 1.82) is 0 Å². The Bertz CT molecular complexity index is 482. The number of nitrogens with zero attached hydrogens (tertiary/aromatic N) is 1. The summed E-state index contributed by atoms with van der Waals surface area (Å²) >= 11 is 1.04. The Balaban J connectivity index is 2.06. The molecule has 5 heteroatoms. The lowest BCUT2D eigenvalue weighted by molar-refractivity contribution is 0.0936. The van der Waals surface area contributed by atoms with E-state index < -0.39 is 0 Å². The topological polar surface area (TPSA) is 51.1 Å². The lowest BCUT2D eigenvalue weighted by Crippen LogP contribution is -2.34. The quantitative estimate of drug-likeness (QED) is 0.836. The van der Waals surface area contributed by atoms with Gasteiger partial charge in [-0.25, -0.2) is 0 Å². The van der Waals surface area contributed by atoms with Crippen molar-refractivity contribution in [2.45, 2.75) is 51.5 Å². The molecule has 0 aromatic carbocycles. The number of carbonyl (C=O) groups is 1. The first-order valence-electron chi connectivity index (χ1n) is 6.57. The van der Waals surface area contributed by atoms with E-state index in [1.807, 2.05) is 6.92 Å². The zero-order valence-electron chi connectivity index (χ0n) is 11.0. The normalized spacial score (nSPS) is 17.4. The number of rotatable bonds is 2. The fourth-order valence-electron chi connectivity index (χ4n) is 2.40. The van der Waals surface area contributed by atoms with Gasteiger partial charge in [-0.1, -0.05) is 37.0 Å². The second kappa shape index (κ2) is 5.69. The highest BCUT2D eigenvalue weighted by Crippen LogP contribution is 2.18. The van der Waals surface area contributed by atoms with Crippen LogP contribution in [0.15, 0.2) is 4.79 Å². The van der Waals surface area contributed by atoms with Gasteiger partial charge in [-0.3, -0.25) is 9.59 Å². The molecule has 1 aromatic heterocycles. The van der Waals surface area contributed by atoms with E-state index in [4.69, 9.17) is 0 Å². The van der Waals surface area contributed by atoms with Crippen LogP contribution < -0.4 is 10.2 Å². The first-order chi connectivity index (χ1) is 8.59. The molecule has 0 atom stereocenters. The lowest BCUT2D eigenvalue weighted by Gasteiger charge is -2.15. The van der Waals surface area contributed by atoms with Crippen molar-refractivity contribution in [1.82, 2.24) is 9.88 Å². The largest absolute Gasteiger partial charge is 0.349 e. The summed E-state index contributed by atoms with van der Waals surface area (Å²) in [6.07, 6.45) is 7.04. The van der Waals surface area contributed by atoms with Crippen LogP contribution in [0.3, 0.4) is 0 Å². The van der Waals surface area contributed by atoms with Crippen molar-refractivity contribution >= 4 is 17.2 Å². The van der Waals surface area contributed by atoms with Gasteiger partial charge in [-0.15, -0.1) is 0 Å². The van der Waals surface area contributed by atoms with E-state index in [9.17, 15) is 9.59 Å². The highest BCUT2D eigenvalue weighted by atomic mass is 32.1. The molecule has 1 heterocycles. The average Bonchev–Trinajstić information content (AvgIpc) is 2.57. The third kappa shape index (κ3) is 2.83. The first kappa shape index (κ1) is 13.3. The number of nitrogens with one attached hydrogen (secondary N) is 1. The summed E-state index contributed by atoms with van der Waals surface area (Å²) in [6.45, 7) is 1.82. The fourth-order valence-corrected chi connectivity index (χ4v) is 3.29. The van der Waals surface area contributed by atoms with Gasteiger partial charge in [-0.05, 0) is 19.8 Å². The Hall–Kier alpha value is -1.10. The standard InChI is InChI=1S/C13H20N2O2S/c1-9-11(18-13(17)15(9)2)12(16)14-10-7-5-3-4-6-8-10/h10H,3-8H2,1-2H3,(H,14,16). The maximum Gasteiger partial charge on any atom is 0.307 e. The number of thiazole rings is 1. The molecule has 0 aliphatic heterocycles. The van der Waals surface area contributed by atoms with Crippen LogP contribution in [0, 0.1) is 6.92 Å². The number of hydrogen-bond donors (Lipinski definition) is 1. The highest BCUT2D eigenvalue weighted by molar-refractivity contribution is 7.11. The monoisotopic (exact) mass is 268 g/mol. The van der Waals surface area contributed by atoms with Crippen LogP contribution in [0.25, 0.3) is 0 Å². The minimum absolute atomic E-state index is 0.0708. The van der Waals surface area contributed by atoms with Gasteiger partial charge >= 0.3 is 4.87 Å². The molecule has 0 unspecified atom stereocenters. The maximum atomic E-state index is 12.2.